The molecule has 0 spiro atoms. The zero-order valence-corrected chi connectivity index (χ0v) is 22.2. The molecule has 0 bridgehead atoms. The van der Waals surface area contributed by atoms with Crippen LogP contribution in [0.25, 0.3) is 0 Å². The molecule has 4 rings (SSSR count). The van der Waals surface area contributed by atoms with E-state index in [1.807, 2.05) is 0 Å². The molecule has 4 aliphatic rings. The van der Waals surface area contributed by atoms with Gasteiger partial charge in [-0.25, -0.2) is 4.40 Å². The highest BCUT2D eigenvalue weighted by molar-refractivity contribution is 7.98. The van der Waals surface area contributed by atoms with Crippen molar-refractivity contribution in [3.05, 3.63) is 58.1 Å². The van der Waals surface area contributed by atoms with Gasteiger partial charge in [-0.05, 0) is 88.1 Å². The minimum Gasteiger partial charge on any atom is -0.494 e. The standard InChI is InChI=1S/C29H40N2O2S/c1-5-6-23(9-11-25-10-7-21(3)18-33-25)29(32)24-13-15-31(16-14-24)27-12-8-20(2)17-26-22(4)19-34-30-28(26)27/h7-8,10,12,23-24H,5-6,9,11,13-19H2,1-4H3. The van der Waals surface area contributed by atoms with E-state index in [4.69, 9.17) is 9.13 Å². The van der Waals surface area contributed by atoms with Crippen molar-refractivity contribution in [2.75, 3.05) is 25.4 Å². The minimum absolute atomic E-state index is 0.150. The molecular formula is C29H40N2O2S. The molecule has 0 aromatic rings. The van der Waals surface area contributed by atoms with E-state index in [1.165, 1.54) is 33.7 Å². The fourth-order valence-electron chi connectivity index (χ4n) is 5.39. The summed E-state index contributed by atoms with van der Waals surface area (Å²) < 4.78 is 10.7. The Kier molecular flexibility index (Phi) is 8.57. The van der Waals surface area contributed by atoms with Crippen molar-refractivity contribution in [2.45, 2.75) is 72.6 Å². The maximum Gasteiger partial charge on any atom is 0.139 e. The van der Waals surface area contributed by atoms with Crippen LogP contribution in [0.2, 0.25) is 0 Å². The molecule has 1 unspecified atom stereocenters. The molecule has 0 N–H and O–H groups in total. The van der Waals surface area contributed by atoms with Gasteiger partial charge in [0, 0.05) is 37.1 Å². The van der Waals surface area contributed by atoms with Gasteiger partial charge in [-0.3, -0.25) is 4.79 Å². The summed E-state index contributed by atoms with van der Waals surface area (Å²) in [5.41, 5.74) is 7.91. The average Bonchev–Trinajstić information content (AvgIpc) is 3.02. The third kappa shape index (κ3) is 5.97. The number of hydrogen-bond acceptors (Lipinski definition) is 5. The van der Waals surface area contributed by atoms with E-state index in [1.54, 1.807) is 11.9 Å². The number of Topliss-reactive ketones (excluding diaryl/α,β-unsaturated/α-hetero) is 1. The average molecular weight is 481 g/mol. The topological polar surface area (TPSA) is 41.9 Å². The van der Waals surface area contributed by atoms with Crippen LogP contribution in [0, 0.1) is 11.8 Å². The molecule has 0 saturated carbocycles. The Balaban J connectivity index is 1.38. The van der Waals surface area contributed by atoms with E-state index in [9.17, 15) is 4.79 Å². The molecule has 1 aliphatic carbocycles. The van der Waals surface area contributed by atoms with E-state index in [2.05, 4.69) is 56.9 Å². The number of ether oxygens (including phenoxy) is 1. The number of piperidine rings is 1. The fraction of sp³-hybridized carbons (Fsp3) is 0.586. The Hall–Kier alpha value is -2.01. The second kappa shape index (κ2) is 11.6. The second-order valence-electron chi connectivity index (χ2n) is 10.3. The molecule has 1 atom stereocenters. The maximum atomic E-state index is 13.5. The molecule has 1 saturated heterocycles. The molecule has 0 aromatic heterocycles. The van der Waals surface area contributed by atoms with Gasteiger partial charge in [0.1, 0.15) is 12.4 Å². The van der Waals surface area contributed by atoms with Gasteiger partial charge in [-0.1, -0.05) is 36.6 Å². The summed E-state index contributed by atoms with van der Waals surface area (Å²) in [6.45, 7) is 11.3. The quantitative estimate of drug-likeness (QED) is 0.352. The lowest BCUT2D eigenvalue weighted by atomic mass is 9.81. The summed E-state index contributed by atoms with van der Waals surface area (Å²) in [6, 6.07) is 0. The van der Waals surface area contributed by atoms with Crippen molar-refractivity contribution >= 4 is 23.4 Å². The number of ketones is 1. The summed E-state index contributed by atoms with van der Waals surface area (Å²) >= 11 is 1.67. The van der Waals surface area contributed by atoms with Crippen LogP contribution in [0.1, 0.15) is 72.6 Å². The summed E-state index contributed by atoms with van der Waals surface area (Å²) in [7, 11) is 0. The van der Waals surface area contributed by atoms with Crippen LogP contribution in [0.4, 0.5) is 0 Å². The third-order valence-electron chi connectivity index (χ3n) is 7.52. The van der Waals surface area contributed by atoms with Crippen molar-refractivity contribution in [1.29, 1.82) is 0 Å². The Morgan fingerprint density at radius 1 is 1.12 bits per heavy atom. The number of hydrogen-bond donors (Lipinski definition) is 0. The van der Waals surface area contributed by atoms with Crippen molar-refractivity contribution in [1.82, 2.24) is 4.90 Å². The monoisotopic (exact) mass is 480 g/mol. The predicted octanol–water partition coefficient (Wildman–Crippen LogP) is 6.98. The first kappa shape index (κ1) is 25.1. The van der Waals surface area contributed by atoms with Gasteiger partial charge in [0.05, 0.1) is 17.2 Å². The fourth-order valence-corrected chi connectivity index (χ4v) is 6.16. The van der Waals surface area contributed by atoms with Gasteiger partial charge < -0.3 is 9.64 Å². The molecule has 1 fully saturated rings. The van der Waals surface area contributed by atoms with Crippen molar-refractivity contribution in [3.8, 4) is 0 Å². The number of nitrogens with zero attached hydrogens (tertiary/aromatic N) is 2. The van der Waals surface area contributed by atoms with Gasteiger partial charge in [0.2, 0.25) is 0 Å². The minimum atomic E-state index is 0.150. The highest BCUT2D eigenvalue weighted by Crippen LogP contribution is 2.35. The second-order valence-corrected chi connectivity index (χ2v) is 11.1. The van der Waals surface area contributed by atoms with Gasteiger partial charge in [-0.2, -0.15) is 0 Å². The van der Waals surface area contributed by atoms with E-state index in [0.717, 1.165) is 69.5 Å². The van der Waals surface area contributed by atoms with Crippen LogP contribution in [-0.2, 0) is 9.53 Å². The Bertz CT molecular complexity index is 974. The number of carbonyl (C=O) groups is 1. The highest BCUT2D eigenvalue weighted by Gasteiger charge is 2.32. The zero-order chi connectivity index (χ0) is 24.1. The van der Waals surface area contributed by atoms with E-state index >= 15 is 0 Å². The molecule has 3 aliphatic heterocycles. The molecular weight excluding hydrogens is 440 g/mol. The van der Waals surface area contributed by atoms with Crippen LogP contribution in [0.15, 0.2) is 62.5 Å². The molecule has 4 nitrogen and oxygen atoms in total. The van der Waals surface area contributed by atoms with E-state index in [-0.39, 0.29) is 11.8 Å². The van der Waals surface area contributed by atoms with Crippen LogP contribution in [0.3, 0.4) is 0 Å². The normalized spacial score (nSPS) is 22.5. The van der Waals surface area contributed by atoms with Gasteiger partial charge in [-0.15, -0.1) is 0 Å². The van der Waals surface area contributed by atoms with Crippen LogP contribution >= 0.6 is 11.9 Å². The smallest absolute Gasteiger partial charge is 0.139 e. The molecule has 0 radical (unpaired) electrons. The zero-order valence-electron chi connectivity index (χ0n) is 21.4. The number of likely N-dealkylation sites (tertiary alicyclic amines) is 1. The van der Waals surface area contributed by atoms with Crippen molar-refractivity contribution in [2.24, 2.45) is 16.2 Å². The third-order valence-corrected chi connectivity index (χ3v) is 8.39. The highest BCUT2D eigenvalue weighted by atomic mass is 32.2. The molecule has 184 valence electrons. The van der Waals surface area contributed by atoms with Crippen LogP contribution in [-0.4, -0.2) is 41.8 Å². The van der Waals surface area contributed by atoms with Crippen molar-refractivity contribution in [3.63, 3.8) is 0 Å². The lowest BCUT2D eigenvalue weighted by Crippen LogP contribution is -2.39. The Morgan fingerprint density at radius 3 is 2.59 bits per heavy atom. The summed E-state index contributed by atoms with van der Waals surface area (Å²) in [5.74, 6) is 2.84. The molecule has 3 heterocycles. The number of carbonyl (C=O) groups excluding carboxylic acids is 1. The largest absolute Gasteiger partial charge is 0.494 e. The maximum absolute atomic E-state index is 13.5. The van der Waals surface area contributed by atoms with E-state index < -0.39 is 0 Å². The summed E-state index contributed by atoms with van der Waals surface area (Å²) in [4.78, 5) is 16.0. The SMILES string of the molecule is CCCC(CCC1=CC=C(C)CO1)C(=O)C1CCN(C2=CC=C(C)CC3=C(C)CSN=C23)CC1. The molecule has 0 amide bonds. The predicted molar refractivity (Wildman–Crippen MR) is 144 cm³/mol. The van der Waals surface area contributed by atoms with Crippen LogP contribution in [0.5, 0.6) is 0 Å². The molecule has 5 heteroatoms. The lowest BCUT2D eigenvalue weighted by Gasteiger charge is -2.36. The Labute approximate surface area is 210 Å². The number of fused-ring (bicyclic) bond motifs is 1. The number of allylic oxidation sites excluding steroid dienone is 7. The van der Waals surface area contributed by atoms with E-state index in [0.29, 0.717) is 12.4 Å². The summed E-state index contributed by atoms with van der Waals surface area (Å²) in [6.07, 6.45) is 15.4. The molecule has 34 heavy (non-hydrogen) atoms. The number of rotatable bonds is 8. The van der Waals surface area contributed by atoms with Crippen LogP contribution < -0.4 is 0 Å². The summed E-state index contributed by atoms with van der Waals surface area (Å²) in [5, 5.41) is 0. The van der Waals surface area contributed by atoms with Gasteiger partial charge >= 0.3 is 0 Å². The first-order valence-electron chi connectivity index (χ1n) is 13.0. The lowest BCUT2D eigenvalue weighted by molar-refractivity contribution is -0.128. The first-order chi connectivity index (χ1) is 16.5. The Morgan fingerprint density at radius 2 is 1.88 bits per heavy atom. The molecule has 0 aromatic carbocycles. The van der Waals surface area contributed by atoms with Gasteiger partial charge in [0.15, 0.2) is 0 Å². The van der Waals surface area contributed by atoms with Crippen molar-refractivity contribution < 1.29 is 9.53 Å². The first-order valence-corrected chi connectivity index (χ1v) is 13.9. The van der Waals surface area contributed by atoms with Gasteiger partial charge in [0.25, 0.3) is 0 Å².